The molecule has 0 aromatic heterocycles. The van der Waals surface area contributed by atoms with Gasteiger partial charge in [-0.1, -0.05) is 18.1 Å². The van der Waals surface area contributed by atoms with E-state index >= 15 is 0 Å². The van der Waals surface area contributed by atoms with E-state index in [2.05, 4.69) is 13.0 Å². The van der Waals surface area contributed by atoms with Crippen molar-refractivity contribution in [3.63, 3.8) is 0 Å². The van der Waals surface area contributed by atoms with Gasteiger partial charge in [-0.3, -0.25) is 0 Å². The summed E-state index contributed by atoms with van der Waals surface area (Å²) in [6, 6.07) is 0.265. The number of nitrogens with two attached hydrogens (primary N) is 1. The lowest BCUT2D eigenvalue weighted by Gasteiger charge is -2.17. The van der Waals surface area contributed by atoms with Crippen LogP contribution in [0.2, 0.25) is 0 Å². The van der Waals surface area contributed by atoms with E-state index in [0.717, 1.165) is 12.8 Å². The Kier molecular flexibility index (Phi) is 5.96. The van der Waals surface area contributed by atoms with Gasteiger partial charge >= 0.3 is 0 Å². The maximum absolute atomic E-state index is 6.20. The zero-order valence-electron chi connectivity index (χ0n) is 10.2. The summed E-state index contributed by atoms with van der Waals surface area (Å²) in [5.41, 5.74) is 7.68. The van der Waals surface area contributed by atoms with Crippen LogP contribution in [0.3, 0.4) is 0 Å². The van der Waals surface area contributed by atoms with E-state index in [-0.39, 0.29) is 6.04 Å². The number of allylic oxidation sites excluding steroid dienone is 1. The first-order chi connectivity index (χ1) is 7.24. The van der Waals surface area contributed by atoms with Gasteiger partial charge < -0.3 is 10.5 Å². The van der Waals surface area contributed by atoms with Crippen LogP contribution < -0.4 is 5.73 Å². The summed E-state index contributed by atoms with van der Waals surface area (Å²) in [4.78, 5) is 0. The first kappa shape index (κ1) is 12.7. The van der Waals surface area contributed by atoms with Crippen LogP contribution in [0.4, 0.5) is 0 Å². The molecular formula is C13H25NO. The lowest BCUT2D eigenvalue weighted by molar-refractivity contribution is 0.108. The number of hydrogen-bond acceptors (Lipinski definition) is 2. The van der Waals surface area contributed by atoms with Gasteiger partial charge in [0.05, 0.1) is 6.10 Å². The molecule has 0 aromatic rings. The minimum atomic E-state index is 0.265. The molecule has 0 saturated carbocycles. The number of hydrogen-bond donors (Lipinski definition) is 1. The van der Waals surface area contributed by atoms with Gasteiger partial charge in [0.1, 0.15) is 0 Å². The minimum Gasteiger partial charge on any atom is -0.382 e. The molecule has 0 radical (unpaired) electrons. The quantitative estimate of drug-likeness (QED) is 0.709. The molecule has 0 heterocycles. The lowest BCUT2D eigenvalue weighted by atomic mass is 9.97. The second-order valence-electron chi connectivity index (χ2n) is 4.61. The molecule has 2 nitrogen and oxygen atoms in total. The third-order valence-electron chi connectivity index (χ3n) is 3.34. The van der Waals surface area contributed by atoms with Gasteiger partial charge in [0, 0.05) is 13.2 Å². The second kappa shape index (κ2) is 7.02. The Morgan fingerprint density at radius 3 is 2.87 bits per heavy atom. The predicted molar refractivity (Wildman–Crippen MR) is 64.8 cm³/mol. The zero-order valence-corrected chi connectivity index (χ0v) is 10.2. The standard InChI is InChI=1S/C13H25NO/c1-11(15-2)9-10-13(14)12-7-5-3-4-6-8-12/h7,11,13H,3-6,8-10,14H2,1-2H3. The molecule has 0 bridgehead atoms. The van der Waals surface area contributed by atoms with Gasteiger partial charge in [0.2, 0.25) is 0 Å². The fourth-order valence-corrected chi connectivity index (χ4v) is 2.09. The molecule has 0 aliphatic heterocycles. The van der Waals surface area contributed by atoms with Crippen molar-refractivity contribution in [1.29, 1.82) is 0 Å². The van der Waals surface area contributed by atoms with Gasteiger partial charge in [-0.15, -0.1) is 0 Å². The van der Waals surface area contributed by atoms with Crippen molar-refractivity contribution in [3.05, 3.63) is 11.6 Å². The Morgan fingerprint density at radius 2 is 2.13 bits per heavy atom. The Balaban J connectivity index is 2.31. The van der Waals surface area contributed by atoms with Crippen molar-refractivity contribution < 1.29 is 4.74 Å². The van der Waals surface area contributed by atoms with E-state index in [1.54, 1.807) is 7.11 Å². The summed E-state index contributed by atoms with van der Waals surface area (Å²) in [7, 11) is 1.76. The van der Waals surface area contributed by atoms with Crippen LogP contribution in [0.25, 0.3) is 0 Å². The molecule has 0 fully saturated rings. The fourth-order valence-electron chi connectivity index (χ4n) is 2.09. The second-order valence-corrected chi connectivity index (χ2v) is 4.61. The Hall–Kier alpha value is -0.340. The highest BCUT2D eigenvalue weighted by atomic mass is 16.5. The van der Waals surface area contributed by atoms with Crippen LogP contribution >= 0.6 is 0 Å². The average Bonchev–Trinajstić information content (AvgIpc) is 2.53. The molecule has 0 saturated heterocycles. The number of ether oxygens (including phenoxy) is 1. The van der Waals surface area contributed by atoms with Gasteiger partial charge in [-0.25, -0.2) is 0 Å². The summed E-state index contributed by atoms with van der Waals surface area (Å²) < 4.78 is 5.24. The van der Waals surface area contributed by atoms with Crippen LogP contribution in [0.5, 0.6) is 0 Å². The van der Waals surface area contributed by atoms with Gasteiger partial charge in [-0.2, -0.15) is 0 Å². The summed E-state index contributed by atoms with van der Waals surface area (Å²) in [5.74, 6) is 0. The molecule has 1 rings (SSSR count). The van der Waals surface area contributed by atoms with Crippen LogP contribution in [-0.2, 0) is 4.74 Å². The fraction of sp³-hybridized carbons (Fsp3) is 0.846. The number of methoxy groups -OCH3 is 1. The first-order valence-electron chi connectivity index (χ1n) is 6.21. The third-order valence-corrected chi connectivity index (χ3v) is 3.34. The van der Waals surface area contributed by atoms with Crippen LogP contribution in [0.15, 0.2) is 11.6 Å². The third kappa shape index (κ3) is 4.80. The maximum Gasteiger partial charge on any atom is 0.0543 e. The summed E-state index contributed by atoms with van der Waals surface area (Å²) >= 11 is 0. The van der Waals surface area contributed by atoms with E-state index in [4.69, 9.17) is 10.5 Å². The van der Waals surface area contributed by atoms with Gasteiger partial charge in [0.25, 0.3) is 0 Å². The predicted octanol–water partition coefficient (Wildman–Crippen LogP) is 3.02. The molecular weight excluding hydrogens is 186 g/mol. The highest BCUT2D eigenvalue weighted by Gasteiger charge is 2.12. The minimum absolute atomic E-state index is 0.265. The lowest BCUT2D eigenvalue weighted by Crippen LogP contribution is -2.24. The van der Waals surface area contributed by atoms with Crippen molar-refractivity contribution in [2.24, 2.45) is 5.73 Å². The van der Waals surface area contributed by atoms with Crippen molar-refractivity contribution in [2.75, 3.05) is 7.11 Å². The van der Waals surface area contributed by atoms with E-state index in [1.807, 2.05) is 0 Å². The molecule has 88 valence electrons. The first-order valence-corrected chi connectivity index (χ1v) is 6.21. The highest BCUT2D eigenvalue weighted by Crippen LogP contribution is 2.21. The monoisotopic (exact) mass is 211 g/mol. The molecule has 1 aliphatic carbocycles. The summed E-state index contributed by atoms with van der Waals surface area (Å²) in [6.45, 7) is 2.11. The molecule has 15 heavy (non-hydrogen) atoms. The zero-order chi connectivity index (χ0) is 11.1. The molecule has 0 spiro atoms. The van der Waals surface area contributed by atoms with Crippen LogP contribution in [0.1, 0.15) is 51.9 Å². The molecule has 2 N–H and O–H groups in total. The van der Waals surface area contributed by atoms with Crippen molar-refractivity contribution in [1.82, 2.24) is 0 Å². The molecule has 0 aromatic carbocycles. The van der Waals surface area contributed by atoms with Crippen LogP contribution in [0, 0.1) is 0 Å². The van der Waals surface area contributed by atoms with E-state index in [9.17, 15) is 0 Å². The molecule has 2 unspecified atom stereocenters. The van der Waals surface area contributed by atoms with Gasteiger partial charge in [-0.05, 0) is 45.4 Å². The van der Waals surface area contributed by atoms with E-state index in [0.29, 0.717) is 6.10 Å². The topological polar surface area (TPSA) is 35.2 Å². The highest BCUT2D eigenvalue weighted by molar-refractivity contribution is 5.11. The van der Waals surface area contributed by atoms with Crippen molar-refractivity contribution >= 4 is 0 Å². The molecule has 2 heteroatoms. The van der Waals surface area contributed by atoms with Crippen molar-refractivity contribution in [3.8, 4) is 0 Å². The van der Waals surface area contributed by atoms with Gasteiger partial charge in [0.15, 0.2) is 0 Å². The average molecular weight is 211 g/mol. The number of rotatable bonds is 5. The molecule has 1 aliphatic rings. The van der Waals surface area contributed by atoms with E-state index in [1.165, 1.54) is 37.7 Å². The molecule has 0 amide bonds. The Labute approximate surface area is 93.9 Å². The SMILES string of the molecule is COC(C)CCC(N)C1=CCCCCC1. The Morgan fingerprint density at radius 1 is 1.33 bits per heavy atom. The normalized spacial score (nSPS) is 21.7. The smallest absolute Gasteiger partial charge is 0.0543 e. The maximum atomic E-state index is 6.20. The largest absolute Gasteiger partial charge is 0.382 e. The summed E-state index contributed by atoms with van der Waals surface area (Å²) in [6.07, 6.45) is 11.3. The van der Waals surface area contributed by atoms with E-state index < -0.39 is 0 Å². The summed E-state index contributed by atoms with van der Waals surface area (Å²) in [5, 5.41) is 0. The Bertz CT molecular complexity index is 201. The molecule has 2 atom stereocenters. The van der Waals surface area contributed by atoms with Crippen molar-refractivity contribution in [2.45, 2.75) is 64.0 Å². The van der Waals surface area contributed by atoms with Crippen LogP contribution in [-0.4, -0.2) is 19.3 Å².